The van der Waals surface area contributed by atoms with Crippen molar-refractivity contribution >= 4 is 44.9 Å². The number of carbonyl (C=O) groups is 1. The molecule has 4 rings (SSSR count). The van der Waals surface area contributed by atoms with Crippen LogP contribution in [0.25, 0.3) is 10.2 Å². The Bertz CT molecular complexity index is 1260. The number of carbonyl (C=O) groups excluding carboxylic acids is 1. The molecular weight excluding hydrogens is 418 g/mol. The van der Waals surface area contributed by atoms with Gasteiger partial charge in [-0.2, -0.15) is 0 Å². The molecule has 3 heterocycles. The average molecular weight is 440 g/mol. The van der Waals surface area contributed by atoms with Crippen LogP contribution in [-0.4, -0.2) is 21.2 Å². The molecule has 0 spiro atoms. The molecule has 0 aliphatic rings. The number of nitrogens with zero attached hydrogens (tertiary/aromatic N) is 2. The van der Waals surface area contributed by atoms with Crippen LogP contribution in [0.4, 0.5) is 5.69 Å². The Hall–Kier alpha value is -2.84. The molecule has 3 aromatic heterocycles. The fourth-order valence-electron chi connectivity index (χ4n) is 3.08. The van der Waals surface area contributed by atoms with Gasteiger partial charge in [-0.25, -0.2) is 4.98 Å². The SMILES string of the molecule is Cc1ccc(NC(=O)CSc2nc3sc(C)c(C)c3c(=O)n2Cc2ccco2)cc1. The number of nitrogens with one attached hydrogen (secondary N) is 1. The van der Waals surface area contributed by atoms with Gasteiger partial charge in [-0.3, -0.25) is 14.2 Å². The van der Waals surface area contributed by atoms with Crippen molar-refractivity contribution in [3.05, 3.63) is 74.8 Å². The fraction of sp³-hybridized carbons (Fsp3) is 0.227. The van der Waals surface area contributed by atoms with Crippen LogP contribution in [0, 0.1) is 20.8 Å². The molecular formula is C22H21N3O3S2. The monoisotopic (exact) mass is 439 g/mol. The summed E-state index contributed by atoms with van der Waals surface area (Å²) < 4.78 is 7.02. The molecule has 0 fully saturated rings. The van der Waals surface area contributed by atoms with E-state index in [1.807, 2.05) is 51.1 Å². The van der Waals surface area contributed by atoms with Crippen molar-refractivity contribution in [1.82, 2.24) is 9.55 Å². The largest absolute Gasteiger partial charge is 0.467 e. The average Bonchev–Trinajstić information content (AvgIpc) is 3.33. The van der Waals surface area contributed by atoms with Crippen LogP contribution in [0.1, 0.15) is 21.8 Å². The lowest BCUT2D eigenvalue weighted by atomic mass is 10.2. The second-order valence-electron chi connectivity index (χ2n) is 7.03. The number of thioether (sulfide) groups is 1. The third-order valence-corrected chi connectivity index (χ3v) is 6.89. The first-order valence-corrected chi connectivity index (χ1v) is 11.2. The number of aromatic nitrogens is 2. The second-order valence-corrected chi connectivity index (χ2v) is 9.18. The van der Waals surface area contributed by atoms with Gasteiger partial charge in [0.05, 0.1) is 23.9 Å². The molecule has 8 heteroatoms. The number of rotatable bonds is 6. The topological polar surface area (TPSA) is 77.1 Å². The smallest absolute Gasteiger partial charge is 0.263 e. The van der Waals surface area contributed by atoms with E-state index >= 15 is 0 Å². The van der Waals surface area contributed by atoms with Gasteiger partial charge < -0.3 is 9.73 Å². The highest BCUT2D eigenvalue weighted by atomic mass is 32.2. The molecule has 1 N–H and O–H groups in total. The Balaban J connectivity index is 1.62. The van der Waals surface area contributed by atoms with E-state index in [0.717, 1.165) is 21.7 Å². The van der Waals surface area contributed by atoms with Gasteiger partial charge >= 0.3 is 0 Å². The number of thiophene rings is 1. The summed E-state index contributed by atoms with van der Waals surface area (Å²) in [4.78, 5) is 32.2. The number of fused-ring (bicyclic) bond motifs is 1. The molecule has 4 aromatic rings. The van der Waals surface area contributed by atoms with E-state index in [-0.39, 0.29) is 23.8 Å². The van der Waals surface area contributed by atoms with Crippen LogP contribution in [-0.2, 0) is 11.3 Å². The van der Waals surface area contributed by atoms with Crippen LogP contribution in [0.15, 0.2) is 57.0 Å². The lowest BCUT2D eigenvalue weighted by Gasteiger charge is -2.11. The number of hydrogen-bond donors (Lipinski definition) is 1. The maximum Gasteiger partial charge on any atom is 0.263 e. The van der Waals surface area contributed by atoms with E-state index in [2.05, 4.69) is 5.32 Å². The Morgan fingerprint density at radius 1 is 1.20 bits per heavy atom. The summed E-state index contributed by atoms with van der Waals surface area (Å²) in [5.41, 5.74) is 2.71. The van der Waals surface area contributed by atoms with Crippen LogP contribution >= 0.6 is 23.1 Å². The summed E-state index contributed by atoms with van der Waals surface area (Å²) in [6, 6.07) is 11.2. The Kier molecular flexibility index (Phi) is 5.78. The van der Waals surface area contributed by atoms with Crippen LogP contribution in [0.5, 0.6) is 0 Å². The van der Waals surface area contributed by atoms with E-state index in [1.165, 1.54) is 23.1 Å². The van der Waals surface area contributed by atoms with Crippen molar-refractivity contribution in [3.63, 3.8) is 0 Å². The third-order valence-electron chi connectivity index (χ3n) is 4.82. The first-order valence-electron chi connectivity index (χ1n) is 9.44. The molecule has 1 aromatic carbocycles. The predicted molar refractivity (Wildman–Crippen MR) is 122 cm³/mol. The molecule has 30 heavy (non-hydrogen) atoms. The summed E-state index contributed by atoms with van der Waals surface area (Å²) in [5.74, 6) is 0.655. The highest BCUT2D eigenvalue weighted by molar-refractivity contribution is 7.99. The Morgan fingerprint density at radius 3 is 2.67 bits per heavy atom. The first kappa shape index (κ1) is 20.4. The summed E-state index contributed by atoms with van der Waals surface area (Å²) >= 11 is 2.75. The first-order chi connectivity index (χ1) is 14.4. The van der Waals surface area contributed by atoms with E-state index in [4.69, 9.17) is 9.40 Å². The molecule has 0 bridgehead atoms. The molecule has 0 aliphatic carbocycles. The zero-order chi connectivity index (χ0) is 21.3. The van der Waals surface area contributed by atoms with E-state index in [0.29, 0.717) is 21.1 Å². The molecule has 0 radical (unpaired) electrons. The van der Waals surface area contributed by atoms with Crippen molar-refractivity contribution in [1.29, 1.82) is 0 Å². The molecule has 0 aliphatic heterocycles. The van der Waals surface area contributed by atoms with Gasteiger partial charge in [0, 0.05) is 10.6 Å². The minimum atomic E-state index is -0.152. The number of furan rings is 1. The van der Waals surface area contributed by atoms with E-state index in [9.17, 15) is 9.59 Å². The van der Waals surface area contributed by atoms with Gasteiger partial charge in [0.2, 0.25) is 5.91 Å². The summed E-state index contributed by atoms with van der Waals surface area (Å²) in [6.45, 7) is 6.19. The summed E-state index contributed by atoms with van der Waals surface area (Å²) in [5, 5.41) is 4.02. The molecule has 6 nitrogen and oxygen atoms in total. The predicted octanol–water partition coefficient (Wildman–Crippen LogP) is 4.76. The quantitative estimate of drug-likeness (QED) is 0.346. The van der Waals surface area contributed by atoms with Crippen LogP contribution in [0.2, 0.25) is 0 Å². The molecule has 154 valence electrons. The molecule has 0 unspecified atom stereocenters. The summed E-state index contributed by atoms with van der Waals surface area (Å²) in [6.07, 6.45) is 1.58. The third kappa shape index (κ3) is 4.20. The van der Waals surface area contributed by atoms with Crippen molar-refractivity contribution < 1.29 is 9.21 Å². The fourth-order valence-corrected chi connectivity index (χ4v) is 4.95. The highest BCUT2D eigenvalue weighted by Gasteiger charge is 2.18. The minimum absolute atomic E-state index is 0.111. The number of anilines is 1. The molecule has 0 saturated heterocycles. The zero-order valence-corrected chi connectivity index (χ0v) is 18.5. The van der Waals surface area contributed by atoms with Gasteiger partial charge in [-0.05, 0) is 50.6 Å². The zero-order valence-electron chi connectivity index (χ0n) is 16.9. The maximum atomic E-state index is 13.3. The normalized spacial score (nSPS) is 11.2. The Labute approximate surface area is 181 Å². The van der Waals surface area contributed by atoms with Crippen LogP contribution < -0.4 is 10.9 Å². The van der Waals surface area contributed by atoms with Crippen LogP contribution in [0.3, 0.4) is 0 Å². The molecule has 0 saturated carbocycles. The second kappa shape index (κ2) is 8.49. The molecule has 1 amide bonds. The van der Waals surface area contributed by atoms with Gasteiger partial charge in [0.25, 0.3) is 5.56 Å². The summed E-state index contributed by atoms with van der Waals surface area (Å²) in [7, 11) is 0. The highest BCUT2D eigenvalue weighted by Crippen LogP contribution is 2.28. The number of aryl methyl sites for hydroxylation is 3. The number of amides is 1. The van der Waals surface area contributed by atoms with Crippen molar-refractivity contribution in [2.24, 2.45) is 0 Å². The van der Waals surface area contributed by atoms with Gasteiger partial charge in [-0.15, -0.1) is 11.3 Å². The minimum Gasteiger partial charge on any atom is -0.467 e. The van der Waals surface area contributed by atoms with Gasteiger partial charge in [-0.1, -0.05) is 29.5 Å². The lowest BCUT2D eigenvalue weighted by Crippen LogP contribution is -2.24. The van der Waals surface area contributed by atoms with Gasteiger partial charge in [0.15, 0.2) is 5.16 Å². The van der Waals surface area contributed by atoms with Crippen molar-refractivity contribution in [2.45, 2.75) is 32.5 Å². The van der Waals surface area contributed by atoms with Crippen molar-refractivity contribution in [3.8, 4) is 0 Å². The van der Waals surface area contributed by atoms with E-state index < -0.39 is 0 Å². The maximum absolute atomic E-state index is 13.3. The lowest BCUT2D eigenvalue weighted by molar-refractivity contribution is -0.113. The number of hydrogen-bond acceptors (Lipinski definition) is 6. The number of benzene rings is 1. The standard InChI is InChI=1S/C22H21N3O3S2/c1-13-6-8-16(9-7-13)23-18(26)12-29-22-24-20-19(14(2)15(3)30-20)21(27)25(22)11-17-5-4-10-28-17/h4-10H,11-12H2,1-3H3,(H,23,26). The van der Waals surface area contributed by atoms with E-state index in [1.54, 1.807) is 16.9 Å². The Morgan fingerprint density at radius 2 is 1.97 bits per heavy atom. The van der Waals surface area contributed by atoms with Gasteiger partial charge in [0.1, 0.15) is 10.6 Å². The molecule has 0 atom stereocenters. The van der Waals surface area contributed by atoms with Crippen molar-refractivity contribution in [2.75, 3.05) is 11.1 Å².